The summed E-state index contributed by atoms with van der Waals surface area (Å²) in [6, 6.07) is 9.40. The molecule has 2 heterocycles. The van der Waals surface area contributed by atoms with Crippen LogP contribution in [0.2, 0.25) is 5.02 Å². The molecule has 172 valence electrons. The van der Waals surface area contributed by atoms with Crippen molar-refractivity contribution in [1.29, 1.82) is 0 Å². The monoisotopic (exact) mass is 465 g/mol. The van der Waals surface area contributed by atoms with Gasteiger partial charge in [0.05, 0.1) is 30.8 Å². The second kappa shape index (κ2) is 9.10. The largest absolute Gasteiger partial charge is 0.489 e. The summed E-state index contributed by atoms with van der Waals surface area (Å²) in [4.78, 5) is 17.4. The Labute approximate surface area is 190 Å². The van der Waals surface area contributed by atoms with E-state index < -0.39 is 11.8 Å². The molecule has 1 aromatic carbocycles. The summed E-state index contributed by atoms with van der Waals surface area (Å²) < 4.78 is 37.8. The van der Waals surface area contributed by atoms with Gasteiger partial charge in [0.15, 0.2) is 0 Å². The van der Waals surface area contributed by atoms with Gasteiger partial charge in [-0.1, -0.05) is 23.7 Å². The number of hydrogen-bond donors (Lipinski definition) is 1. The Morgan fingerprint density at radius 2 is 2.06 bits per heavy atom. The van der Waals surface area contributed by atoms with E-state index >= 15 is 0 Å². The van der Waals surface area contributed by atoms with Crippen LogP contribution >= 0.6 is 11.6 Å². The number of carbonyl (C=O) groups excluding carboxylic acids is 1. The fraction of sp³-hybridized carbons (Fsp3) is 0.478. The van der Waals surface area contributed by atoms with Crippen LogP contribution in [0.4, 0.5) is 14.5 Å². The zero-order valence-electron chi connectivity index (χ0n) is 18.0. The highest BCUT2D eigenvalue weighted by Crippen LogP contribution is 2.49. The first-order valence-electron chi connectivity index (χ1n) is 10.7. The molecule has 32 heavy (non-hydrogen) atoms. The second-order valence-corrected chi connectivity index (χ2v) is 8.77. The lowest BCUT2D eigenvalue weighted by Gasteiger charge is -2.21. The van der Waals surface area contributed by atoms with Crippen molar-refractivity contribution < 1.29 is 23.0 Å². The molecule has 2 aromatic rings. The fourth-order valence-electron chi connectivity index (χ4n) is 3.85. The van der Waals surface area contributed by atoms with Crippen LogP contribution < -0.4 is 19.7 Å². The number of nitrogens with zero attached hydrogens (tertiary/aromatic N) is 2. The fourth-order valence-corrected chi connectivity index (χ4v) is 4.13. The molecular formula is C23H26ClF2N3O3. The zero-order valence-corrected chi connectivity index (χ0v) is 18.7. The van der Waals surface area contributed by atoms with Gasteiger partial charge in [-0.2, -0.15) is 0 Å². The maximum Gasteiger partial charge on any atom is 0.255 e. The predicted octanol–water partition coefficient (Wildman–Crippen LogP) is 4.62. The SMILES string of the molecule is CC(=O)N[C@@H](C)c1ccc(O[C@@H]2CCN(c3ccnc(OCC4CC4(F)F)c3Cl)C2)cc1. The Hall–Kier alpha value is -2.61. The molecule has 6 nitrogen and oxygen atoms in total. The molecule has 0 spiro atoms. The first kappa shape index (κ1) is 22.6. The molecule has 4 rings (SSSR count). The van der Waals surface area contributed by atoms with E-state index in [-0.39, 0.29) is 37.0 Å². The van der Waals surface area contributed by atoms with Crippen molar-refractivity contribution >= 4 is 23.2 Å². The number of hydrogen-bond acceptors (Lipinski definition) is 5. The molecule has 1 aromatic heterocycles. The molecule has 1 N–H and O–H groups in total. The molecular weight excluding hydrogens is 440 g/mol. The molecule has 9 heteroatoms. The van der Waals surface area contributed by atoms with E-state index in [0.717, 1.165) is 30.0 Å². The van der Waals surface area contributed by atoms with Crippen molar-refractivity contribution in [2.45, 2.75) is 44.8 Å². The number of nitrogens with one attached hydrogen (secondary N) is 1. The van der Waals surface area contributed by atoms with Crippen LogP contribution in [-0.2, 0) is 4.79 Å². The van der Waals surface area contributed by atoms with Gasteiger partial charge in [-0.05, 0) is 30.7 Å². The summed E-state index contributed by atoms with van der Waals surface area (Å²) in [6.45, 7) is 4.71. The van der Waals surface area contributed by atoms with Crippen molar-refractivity contribution in [3.05, 3.63) is 47.1 Å². The van der Waals surface area contributed by atoms with Crippen LogP contribution in [0.15, 0.2) is 36.5 Å². The normalized spacial score (nSPS) is 22.3. The van der Waals surface area contributed by atoms with E-state index in [4.69, 9.17) is 21.1 Å². The Balaban J connectivity index is 1.33. The van der Waals surface area contributed by atoms with Crippen molar-refractivity contribution in [2.75, 3.05) is 24.6 Å². The Kier molecular flexibility index (Phi) is 6.42. The molecule has 1 saturated heterocycles. The van der Waals surface area contributed by atoms with Gasteiger partial charge in [-0.25, -0.2) is 13.8 Å². The summed E-state index contributed by atoms with van der Waals surface area (Å²) in [6.07, 6.45) is 2.22. The molecule has 1 aliphatic carbocycles. The van der Waals surface area contributed by atoms with E-state index in [9.17, 15) is 13.6 Å². The van der Waals surface area contributed by atoms with Crippen molar-refractivity contribution in [3.8, 4) is 11.6 Å². The van der Waals surface area contributed by atoms with Crippen LogP contribution in [-0.4, -0.2) is 42.6 Å². The lowest BCUT2D eigenvalue weighted by Crippen LogP contribution is -2.25. The minimum absolute atomic E-state index is 0.0209. The number of halogens is 3. The van der Waals surface area contributed by atoms with E-state index in [0.29, 0.717) is 11.6 Å². The van der Waals surface area contributed by atoms with Crippen LogP contribution in [0.25, 0.3) is 0 Å². The number of carbonyl (C=O) groups is 1. The van der Waals surface area contributed by atoms with Gasteiger partial charge in [0.1, 0.15) is 16.9 Å². The maximum atomic E-state index is 13.1. The quantitative estimate of drug-likeness (QED) is 0.616. The minimum atomic E-state index is -2.64. The first-order chi connectivity index (χ1) is 15.2. The van der Waals surface area contributed by atoms with Gasteiger partial charge < -0.3 is 19.7 Å². The number of anilines is 1. The molecule has 1 unspecified atom stereocenters. The molecule has 1 amide bonds. The Morgan fingerprint density at radius 1 is 1.34 bits per heavy atom. The summed E-state index contributed by atoms with van der Waals surface area (Å²) in [5.41, 5.74) is 1.76. The van der Waals surface area contributed by atoms with Crippen molar-refractivity contribution in [1.82, 2.24) is 10.3 Å². The lowest BCUT2D eigenvalue weighted by atomic mass is 10.1. The van der Waals surface area contributed by atoms with Crippen LogP contribution in [0, 0.1) is 5.92 Å². The molecule has 1 aliphatic heterocycles. The van der Waals surface area contributed by atoms with Crippen LogP contribution in [0.3, 0.4) is 0 Å². The molecule has 2 fully saturated rings. The lowest BCUT2D eigenvalue weighted by molar-refractivity contribution is -0.119. The standard InChI is InChI=1S/C23H26ClF2N3O3/c1-14(28-15(2)30)16-3-5-18(6-4-16)32-19-8-10-29(12-19)20-7-9-27-22(21(20)24)31-13-17-11-23(17,25)26/h3-7,9,14,17,19H,8,10-13H2,1-2H3,(H,28,30)/t14-,17?,19+/m0/s1. The van der Waals surface area contributed by atoms with E-state index in [1.54, 1.807) is 12.3 Å². The third-order valence-electron chi connectivity index (χ3n) is 5.80. The third-order valence-corrected chi connectivity index (χ3v) is 6.16. The van der Waals surface area contributed by atoms with Gasteiger partial charge in [-0.15, -0.1) is 0 Å². The van der Waals surface area contributed by atoms with Crippen LogP contribution in [0.5, 0.6) is 11.6 Å². The van der Waals surface area contributed by atoms with Gasteiger partial charge in [0, 0.05) is 32.5 Å². The van der Waals surface area contributed by atoms with Gasteiger partial charge in [-0.3, -0.25) is 4.79 Å². The zero-order chi connectivity index (χ0) is 22.9. The van der Waals surface area contributed by atoms with E-state index in [2.05, 4.69) is 15.2 Å². The van der Waals surface area contributed by atoms with E-state index in [1.165, 1.54) is 6.92 Å². The number of ether oxygens (including phenoxy) is 2. The highest BCUT2D eigenvalue weighted by molar-refractivity contribution is 6.34. The second-order valence-electron chi connectivity index (χ2n) is 8.39. The minimum Gasteiger partial charge on any atom is -0.489 e. The number of benzene rings is 1. The highest BCUT2D eigenvalue weighted by atomic mass is 35.5. The number of pyridine rings is 1. The van der Waals surface area contributed by atoms with E-state index in [1.807, 2.05) is 31.2 Å². The third kappa shape index (κ3) is 5.23. The number of amides is 1. The molecule has 0 bridgehead atoms. The van der Waals surface area contributed by atoms with Gasteiger partial charge in [0.2, 0.25) is 11.8 Å². The van der Waals surface area contributed by atoms with Crippen molar-refractivity contribution in [2.24, 2.45) is 5.92 Å². The number of alkyl halides is 2. The number of aromatic nitrogens is 1. The predicted molar refractivity (Wildman–Crippen MR) is 118 cm³/mol. The molecule has 1 saturated carbocycles. The van der Waals surface area contributed by atoms with Crippen LogP contribution in [0.1, 0.15) is 38.3 Å². The average Bonchev–Trinajstić information content (AvgIpc) is 3.12. The summed E-state index contributed by atoms with van der Waals surface area (Å²) in [5.74, 6) is -2.53. The Morgan fingerprint density at radius 3 is 2.72 bits per heavy atom. The molecule has 2 aliphatic rings. The highest BCUT2D eigenvalue weighted by Gasteiger charge is 2.57. The smallest absolute Gasteiger partial charge is 0.255 e. The average molecular weight is 466 g/mol. The molecule has 3 atom stereocenters. The summed E-state index contributed by atoms with van der Waals surface area (Å²) in [7, 11) is 0. The maximum absolute atomic E-state index is 13.1. The number of rotatable bonds is 8. The molecule has 0 radical (unpaired) electrons. The van der Waals surface area contributed by atoms with Crippen molar-refractivity contribution in [3.63, 3.8) is 0 Å². The topological polar surface area (TPSA) is 63.7 Å². The summed E-state index contributed by atoms with van der Waals surface area (Å²) >= 11 is 6.47. The van der Waals surface area contributed by atoms with Gasteiger partial charge >= 0.3 is 0 Å². The van der Waals surface area contributed by atoms with Gasteiger partial charge in [0.25, 0.3) is 5.92 Å². The summed E-state index contributed by atoms with van der Waals surface area (Å²) in [5, 5.41) is 3.18. The first-order valence-corrected chi connectivity index (χ1v) is 11.0. The Bertz CT molecular complexity index is 973.